The van der Waals surface area contributed by atoms with Gasteiger partial charge in [0.25, 0.3) is 11.8 Å². The summed E-state index contributed by atoms with van der Waals surface area (Å²) >= 11 is 11.1. The third-order valence-corrected chi connectivity index (χ3v) is 4.00. The maximum atomic E-state index is 12.5. The molecule has 8 nitrogen and oxygen atoms in total. The minimum atomic E-state index is -1.18. The molecule has 0 saturated carbocycles. The lowest BCUT2D eigenvalue weighted by Crippen LogP contribution is -2.53. The molecule has 0 bridgehead atoms. The largest absolute Gasteiger partial charge is 0.493 e. The molecule has 27 heavy (non-hydrogen) atoms. The molecule has 1 saturated heterocycles. The van der Waals surface area contributed by atoms with Gasteiger partial charge in [0.05, 0.1) is 12.1 Å². The van der Waals surface area contributed by atoms with Crippen molar-refractivity contribution >= 4 is 52.8 Å². The van der Waals surface area contributed by atoms with Gasteiger partial charge in [-0.15, -0.1) is 6.58 Å². The molecule has 1 heterocycles. The summed E-state index contributed by atoms with van der Waals surface area (Å²) in [5.41, 5.74) is 0.229. The second-order valence-corrected chi connectivity index (χ2v) is 6.03. The van der Waals surface area contributed by atoms with Crippen LogP contribution >= 0.6 is 23.8 Å². The van der Waals surface area contributed by atoms with Crippen LogP contribution in [0.2, 0.25) is 5.02 Å². The van der Waals surface area contributed by atoms with E-state index < -0.39 is 24.4 Å². The third kappa shape index (κ3) is 4.63. The van der Waals surface area contributed by atoms with Crippen LogP contribution in [0.3, 0.4) is 0 Å². The van der Waals surface area contributed by atoms with Crippen LogP contribution in [-0.4, -0.2) is 53.2 Å². The van der Waals surface area contributed by atoms with Crippen molar-refractivity contribution in [2.45, 2.75) is 0 Å². The average molecular weight is 411 g/mol. The van der Waals surface area contributed by atoms with Gasteiger partial charge in [-0.2, -0.15) is 0 Å². The fourth-order valence-corrected chi connectivity index (χ4v) is 2.78. The van der Waals surface area contributed by atoms with Crippen molar-refractivity contribution in [2.75, 3.05) is 20.3 Å². The van der Waals surface area contributed by atoms with Gasteiger partial charge in [-0.25, -0.2) is 4.79 Å². The zero-order valence-corrected chi connectivity index (χ0v) is 15.7. The minimum Gasteiger partial charge on any atom is -0.493 e. The van der Waals surface area contributed by atoms with E-state index >= 15 is 0 Å². The van der Waals surface area contributed by atoms with E-state index in [9.17, 15) is 14.4 Å². The monoisotopic (exact) mass is 410 g/mol. The quantitative estimate of drug-likeness (QED) is 0.304. The van der Waals surface area contributed by atoms with E-state index in [1.165, 1.54) is 36.3 Å². The molecule has 0 aromatic heterocycles. The Labute approximate surface area is 165 Å². The van der Waals surface area contributed by atoms with Crippen LogP contribution in [-0.2, 0) is 14.4 Å². The number of nitrogens with zero attached hydrogens (tertiary/aromatic N) is 1. The number of nitrogens with one attached hydrogen (secondary N) is 1. The van der Waals surface area contributed by atoms with Gasteiger partial charge in [0.15, 0.2) is 23.2 Å². The van der Waals surface area contributed by atoms with Crippen LogP contribution in [0, 0.1) is 0 Å². The lowest BCUT2D eigenvalue weighted by Gasteiger charge is -2.27. The van der Waals surface area contributed by atoms with Gasteiger partial charge >= 0.3 is 5.97 Å². The molecule has 0 spiro atoms. The molecule has 2 amide bonds. The summed E-state index contributed by atoms with van der Waals surface area (Å²) < 4.78 is 10.3. The van der Waals surface area contributed by atoms with Crippen molar-refractivity contribution in [1.82, 2.24) is 10.2 Å². The molecule has 0 aliphatic carbocycles. The molecule has 2 N–H and O–H groups in total. The van der Waals surface area contributed by atoms with Crippen molar-refractivity contribution in [3.63, 3.8) is 0 Å². The zero-order valence-electron chi connectivity index (χ0n) is 14.2. The Hall–Kier alpha value is -2.91. The molecule has 1 aliphatic rings. The van der Waals surface area contributed by atoms with Gasteiger partial charge in [-0.1, -0.05) is 17.7 Å². The summed E-state index contributed by atoms with van der Waals surface area (Å²) in [4.78, 5) is 36.6. The number of methoxy groups -OCH3 is 1. The topological polar surface area (TPSA) is 105 Å². The number of benzene rings is 1. The van der Waals surface area contributed by atoms with Gasteiger partial charge in [0.2, 0.25) is 0 Å². The minimum absolute atomic E-state index is 0.00455. The molecule has 1 aromatic rings. The molecule has 0 unspecified atom stereocenters. The second-order valence-electron chi connectivity index (χ2n) is 5.24. The Morgan fingerprint density at radius 3 is 2.74 bits per heavy atom. The predicted octanol–water partition coefficient (Wildman–Crippen LogP) is 1.62. The van der Waals surface area contributed by atoms with Crippen LogP contribution in [0.1, 0.15) is 5.56 Å². The first kappa shape index (κ1) is 20.4. The summed E-state index contributed by atoms with van der Waals surface area (Å²) in [6.45, 7) is 3.08. The summed E-state index contributed by atoms with van der Waals surface area (Å²) in [6.07, 6.45) is 2.80. The molecule has 1 fully saturated rings. The highest BCUT2D eigenvalue weighted by molar-refractivity contribution is 7.80. The van der Waals surface area contributed by atoms with Gasteiger partial charge in [0, 0.05) is 6.54 Å². The fraction of sp³-hybridized carbons (Fsp3) is 0.176. The van der Waals surface area contributed by atoms with E-state index in [1.54, 1.807) is 0 Å². The molecular weight excluding hydrogens is 396 g/mol. The van der Waals surface area contributed by atoms with Crippen molar-refractivity contribution < 1.29 is 29.0 Å². The molecule has 0 atom stereocenters. The lowest BCUT2D eigenvalue weighted by atomic mass is 10.1. The highest BCUT2D eigenvalue weighted by Crippen LogP contribution is 2.37. The van der Waals surface area contributed by atoms with Crippen LogP contribution < -0.4 is 14.8 Å². The Bertz CT molecular complexity index is 867. The normalized spacial score (nSPS) is 15.6. The van der Waals surface area contributed by atoms with Crippen LogP contribution in [0.15, 0.2) is 30.4 Å². The van der Waals surface area contributed by atoms with Crippen molar-refractivity contribution in [1.29, 1.82) is 0 Å². The maximum Gasteiger partial charge on any atom is 0.341 e. The van der Waals surface area contributed by atoms with E-state index in [-0.39, 0.29) is 33.8 Å². The number of rotatable bonds is 7. The number of aliphatic carboxylic acids is 1. The number of amides is 2. The Kier molecular flexibility index (Phi) is 6.54. The first-order chi connectivity index (χ1) is 12.8. The Balaban J connectivity index is 2.42. The lowest BCUT2D eigenvalue weighted by molar-refractivity contribution is -0.139. The summed E-state index contributed by atoms with van der Waals surface area (Å²) in [6, 6.07) is 2.88. The molecule has 1 aromatic carbocycles. The molecule has 1 aliphatic heterocycles. The van der Waals surface area contributed by atoms with Crippen LogP contribution in [0.5, 0.6) is 11.5 Å². The molecule has 2 rings (SSSR count). The van der Waals surface area contributed by atoms with E-state index in [4.69, 9.17) is 38.4 Å². The predicted molar refractivity (Wildman–Crippen MR) is 102 cm³/mol. The number of carboxylic acids is 1. The zero-order chi connectivity index (χ0) is 20.1. The Morgan fingerprint density at radius 1 is 1.44 bits per heavy atom. The smallest absolute Gasteiger partial charge is 0.341 e. The summed E-state index contributed by atoms with van der Waals surface area (Å²) in [7, 11) is 1.35. The fourth-order valence-electron chi connectivity index (χ4n) is 2.25. The van der Waals surface area contributed by atoms with E-state index in [0.29, 0.717) is 5.56 Å². The third-order valence-electron chi connectivity index (χ3n) is 3.40. The highest BCUT2D eigenvalue weighted by Gasteiger charge is 2.32. The molecular formula is C17H15ClN2O6S. The van der Waals surface area contributed by atoms with Gasteiger partial charge in [-0.3, -0.25) is 19.8 Å². The SMILES string of the molecule is C=CCN1C(=O)/C(=C/c2cc(Cl)c(OCC(=O)O)c(OC)c2)C(=O)NC1=S. The van der Waals surface area contributed by atoms with Crippen LogP contribution in [0.4, 0.5) is 0 Å². The summed E-state index contributed by atoms with van der Waals surface area (Å²) in [5.74, 6) is -2.21. The molecule has 10 heteroatoms. The van der Waals surface area contributed by atoms with Crippen LogP contribution in [0.25, 0.3) is 6.08 Å². The number of carbonyl (C=O) groups excluding carboxylic acids is 2. The first-order valence-corrected chi connectivity index (χ1v) is 8.29. The maximum absolute atomic E-state index is 12.5. The number of carboxylic acid groups (broad SMARTS) is 1. The van der Waals surface area contributed by atoms with Gasteiger partial charge in [0.1, 0.15) is 5.57 Å². The van der Waals surface area contributed by atoms with E-state index in [0.717, 1.165) is 0 Å². The van der Waals surface area contributed by atoms with Gasteiger partial charge < -0.3 is 14.6 Å². The second kappa shape index (κ2) is 8.65. The number of thiocarbonyl (C=S) groups is 1. The Morgan fingerprint density at radius 2 is 2.15 bits per heavy atom. The van der Waals surface area contributed by atoms with Crippen molar-refractivity contribution in [3.8, 4) is 11.5 Å². The number of hydrogen-bond donors (Lipinski definition) is 2. The highest BCUT2D eigenvalue weighted by atomic mass is 35.5. The number of hydrogen-bond acceptors (Lipinski definition) is 6. The van der Waals surface area contributed by atoms with Gasteiger partial charge in [-0.05, 0) is 36.0 Å². The number of carbonyl (C=O) groups is 3. The summed E-state index contributed by atoms with van der Waals surface area (Å²) in [5, 5.41) is 11.2. The first-order valence-electron chi connectivity index (χ1n) is 7.50. The van der Waals surface area contributed by atoms with Crippen molar-refractivity contribution in [2.24, 2.45) is 0 Å². The molecule has 0 radical (unpaired) electrons. The number of ether oxygens (including phenoxy) is 2. The van der Waals surface area contributed by atoms with Crippen molar-refractivity contribution in [3.05, 3.63) is 40.9 Å². The average Bonchev–Trinajstić information content (AvgIpc) is 2.60. The number of halogens is 1. The standard InChI is InChI=1S/C17H15ClN2O6S/c1-3-4-20-16(24)10(15(23)19-17(20)27)5-9-6-11(18)14(12(7-9)25-2)26-8-13(21)22/h3,5-7H,1,4,8H2,2H3,(H,21,22)(H,19,23,27)/b10-5+. The molecule has 142 valence electrons. The van der Waals surface area contributed by atoms with E-state index in [1.807, 2.05) is 0 Å². The van der Waals surface area contributed by atoms with E-state index in [2.05, 4.69) is 11.9 Å².